The van der Waals surface area contributed by atoms with Gasteiger partial charge in [0.2, 0.25) is 11.8 Å². The summed E-state index contributed by atoms with van der Waals surface area (Å²) < 4.78 is 5.31. The SMILES string of the molecule is Cc1cccc(C(C(=O)NCc2ccccc2)N(C(=O)C(C)NC(=O)OC(C)(C)C)C2CC2C)c1O. The van der Waals surface area contributed by atoms with E-state index in [2.05, 4.69) is 10.6 Å². The van der Waals surface area contributed by atoms with Crippen molar-refractivity contribution in [2.45, 2.75) is 78.2 Å². The van der Waals surface area contributed by atoms with Gasteiger partial charge in [-0.1, -0.05) is 55.5 Å². The van der Waals surface area contributed by atoms with Crippen LogP contribution in [0.2, 0.25) is 0 Å². The number of nitrogens with one attached hydrogen (secondary N) is 2. The van der Waals surface area contributed by atoms with E-state index >= 15 is 0 Å². The van der Waals surface area contributed by atoms with E-state index < -0.39 is 35.6 Å². The number of phenols is 1. The highest BCUT2D eigenvalue weighted by atomic mass is 16.6. The number of nitrogens with zero attached hydrogens (tertiary/aromatic N) is 1. The molecule has 3 N–H and O–H groups in total. The summed E-state index contributed by atoms with van der Waals surface area (Å²) in [5, 5.41) is 16.4. The van der Waals surface area contributed by atoms with Crippen LogP contribution in [-0.2, 0) is 20.9 Å². The molecule has 8 nitrogen and oxygen atoms in total. The second-order valence-electron chi connectivity index (χ2n) is 10.5. The third kappa shape index (κ3) is 6.77. The smallest absolute Gasteiger partial charge is 0.408 e. The van der Waals surface area contributed by atoms with E-state index in [9.17, 15) is 19.5 Å². The highest BCUT2D eigenvalue weighted by Crippen LogP contribution is 2.42. The van der Waals surface area contributed by atoms with Crippen LogP contribution in [0.3, 0.4) is 0 Å². The summed E-state index contributed by atoms with van der Waals surface area (Å²) in [6, 6.07) is 12.4. The van der Waals surface area contributed by atoms with Gasteiger partial charge in [-0.25, -0.2) is 4.79 Å². The van der Waals surface area contributed by atoms with Crippen molar-refractivity contribution in [1.29, 1.82) is 0 Å². The molecule has 3 amide bonds. The maximum absolute atomic E-state index is 13.8. The molecule has 0 heterocycles. The van der Waals surface area contributed by atoms with E-state index in [0.29, 0.717) is 11.1 Å². The van der Waals surface area contributed by atoms with Crippen molar-refractivity contribution in [3.05, 3.63) is 65.2 Å². The van der Waals surface area contributed by atoms with Gasteiger partial charge in [0, 0.05) is 18.2 Å². The fraction of sp³-hybridized carbons (Fsp3) is 0.464. The highest BCUT2D eigenvalue weighted by molar-refractivity contribution is 5.93. The van der Waals surface area contributed by atoms with Crippen molar-refractivity contribution < 1.29 is 24.2 Å². The van der Waals surface area contributed by atoms with Crippen LogP contribution in [0.25, 0.3) is 0 Å². The molecule has 0 aliphatic heterocycles. The van der Waals surface area contributed by atoms with Crippen LogP contribution < -0.4 is 10.6 Å². The Hall–Kier alpha value is -3.55. The lowest BCUT2D eigenvalue weighted by Crippen LogP contribution is -2.53. The molecule has 4 atom stereocenters. The molecule has 0 saturated heterocycles. The number of para-hydroxylation sites is 1. The van der Waals surface area contributed by atoms with Gasteiger partial charge in [0.1, 0.15) is 23.4 Å². The van der Waals surface area contributed by atoms with E-state index in [1.807, 2.05) is 37.3 Å². The van der Waals surface area contributed by atoms with Gasteiger partial charge in [-0.15, -0.1) is 0 Å². The number of aryl methyl sites for hydroxylation is 1. The van der Waals surface area contributed by atoms with Crippen LogP contribution in [0.5, 0.6) is 5.75 Å². The second-order valence-corrected chi connectivity index (χ2v) is 10.5. The molecule has 1 aliphatic rings. The van der Waals surface area contributed by atoms with Crippen LogP contribution in [-0.4, -0.2) is 45.6 Å². The van der Waals surface area contributed by atoms with Crippen LogP contribution >= 0.6 is 0 Å². The van der Waals surface area contributed by atoms with Gasteiger partial charge in [0.05, 0.1) is 0 Å². The normalized spacial score (nSPS) is 18.5. The van der Waals surface area contributed by atoms with E-state index in [1.54, 1.807) is 52.8 Å². The largest absolute Gasteiger partial charge is 0.507 e. The Kier molecular flexibility index (Phi) is 8.28. The minimum atomic E-state index is -1.07. The van der Waals surface area contributed by atoms with Crippen molar-refractivity contribution in [2.75, 3.05) is 0 Å². The fourth-order valence-electron chi connectivity index (χ4n) is 4.14. The van der Waals surface area contributed by atoms with Crippen molar-refractivity contribution >= 4 is 17.9 Å². The van der Waals surface area contributed by atoms with Crippen LogP contribution in [0.15, 0.2) is 48.5 Å². The number of benzene rings is 2. The first kappa shape index (κ1) is 27.0. The molecule has 8 heteroatoms. The molecule has 0 aromatic heterocycles. The number of alkyl carbamates (subject to hydrolysis) is 1. The Bertz CT molecular complexity index is 1100. The average Bonchev–Trinajstić information content (AvgIpc) is 3.52. The monoisotopic (exact) mass is 495 g/mol. The fourth-order valence-corrected chi connectivity index (χ4v) is 4.14. The summed E-state index contributed by atoms with van der Waals surface area (Å²) in [6.07, 6.45) is 0.00978. The third-order valence-corrected chi connectivity index (χ3v) is 6.18. The van der Waals surface area contributed by atoms with E-state index in [1.165, 1.54) is 4.90 Å². The van der Waals surface area contributed by atoms with Gasteiger partial charge in [0.15, 0.2) is 0 Å². The molecule has 194 valence electrons. The highest BCUT2D eigenvalue weighted by Gasteiger charge is 2.48. The number of ether oxygens (including phenoxy) is 1. The van der Waals surface area contributed by atoms with E-state index in [-0.39, 0.29) is 24.3 Å². The zero-order chi connectivity index (χ0) is 26.6. The average molecular weight is 496 g/mol. The summed E-state index contributed by atoms with van der Waals surface area (Å²) in [5.74, 6) is -0.678. The minimum Gasteiger partial charge on any atom is -0.507 e. The Morgan fingerprint density at radius 3 is 2.33 bits per heavy atom. The number of rotatable bonds is 8. The first-order valence-corrected chi connectivity index (χ1v) is 12.3. The molecule has 2 aromatic carbocycles. The Morgan fingerprint density at radius 2 is 1.75 bits per heavy atom. The Morgan fingerprint density at radius 1 is 1.11 bits per heavy atom. The number of hydrogen-bond donors (Lipinski definition) is 3. The molecule has 3 rings (SSSR count). The maximum Gasteiger partial charge on any atom is 0.408 e. The summed E-state index contributed by atoms with van der Waals surface area (Å²) in [5.41, 5.74) is 1.14. The quantitative estimate of drug-likeness (QED) is 0.509. The Labute approximate surface area is 213 Å². The number of carbonyl (C=O) groups is 3. The third-order valence-electron chi connectivity index (χ3n) is 6.18. The van der Waals surface area contributed by atoms with Gasteiger partial charge in [0.25, 0.3) is 0 Å². The molecule has 1 aliphatic carbocycles. The summed E-state index contributed by atoms with van der Waals surface area (Å²) in [4.78, 5) is 41.3. The van der Waals surface area contributed by atoms with E-state index in [4.69, 9.17) is 4.74 Å². The predicted molar refractivity (Wildman–Crippen MR) is 137 cm³/mol. The van der Waals surface area contributed by atoms with Gasteiger partial charge in [-0.3, -0.25) is 9.59 Å². The van der Waals surface area contributed by atoms with Crippen molar-refractivity contribution in [3.63, 3.8) is 0 Å². The zero-order valence-electron chi connectivity index (χ0n) is 21.9. The molecule has 0 bridgehead atoms. The first-order chi connectivity index (χ1) is 16.9. The minimum absolute atomic E-state index is 0.0313. The maximum atomic E-state index is 13.8. The molecular formula is C28H37N3O5. The lowest BCUT2D eigenvalue weighted by molar-refractivity contribution is -0.143. The standard InChI is InChI=1S/C28H37N3O5/c1-17-11-10-14-21(24(17)32)23(25(33)29-16-20-12-8-7-9-13-20)31(22-15-18(22)2)26(34)19(3)30-27(35)36-28(4,5)6/h7-14,18-19,22-23,32H,15-16H2,1-6H3,(H,29,33)(H,30,35). The van der Waals surface area contributed by atoms with Crippen molar-refractivity contribution in [1.82, 2.24) is 15.5 Å². The molecule has 1 saturated carbocycles. The van der Waals surface area contributed by atoms with Crippen LogP contribution in [0.4, 0.5) is 4.79 Å². The lowest BCUT2D eigenvalue weighted by atomic mass is 9.99. The number of carbonyl (C=O) groups excluding carboxylic acids is 3. The molecular weight excluding hydrogens is 458 g/mol. The number of amides is 3. The molecule has 2 aromatic rings. The Balaban J connectivity index is 1.93. The molecule has 36 heavy (non-hydrogen) atoms. The van der Waals surface area contributed by atoms with Crippen LogP contribution in [0.1, 0.15) is 63.8 Å². The van der Waals surface area contributed by atoms with Crippen molar-refractivity contribution in [3.8, 4) is 5.75 Å². The molecule has 0 radical (unpaired) electrons. The van der Waals surface area contributed by atoms with Gasteiger partial charge < -0.3 is 25.4 Å². The zero-order valence-corrected chi connectivity index (χ0v) is 21.9. The predicted octanol–water partition coefficient (Wildman–Crippen LogP) is 4.21. The summed E-state index contributed by atoms with van der Waals surface area (Å²) >= 11 is 0. The summed E-state index contributed by atoms with van der Waals surface area (Å²) in [7, 11) is 0. The van der Waals surface area contributed by atoms with Gasteiger partial charge in [-0.05, 0) is 58.1 Å². The van der Waals surface area contributed by atoms with Crippen LogP contribution in [0, 0.1) is 12.8 Å². The number of aromatic hydroxyl groups is 1. The first-order valence-electron chi connectivity index (χ1n) is 12.3. The van der Waals surface area contributed by atoms with Crippen molar-refractivity contribution in [2.24, 2.45) is 5.92 Å². The van der Waals surface area contributed by atoms with Gasteiger partial charge >= 0.3 is 6.09 Å². The molecule has 4 unspecified atom stereocenters. The molecule has 0 spiro atoms. The lowest BCUT2D eigenvalue weighted by Gasteiger charge is -2.34. The van der Waals surface area contributed by atoms with E-state index in [0.717, 1.165) is 12.0 Å². The summed E-state index contributed by atoms with van der Waals surface area (Å²) in [6.45, 7) is 10.8. The number of phenolic OH excluding ortho intramolecular Hbond substituents is 1. The van der Waals surface area contributed by atoms with Gasteiger partial charge in [-0.2, -0.15) is 0 Å². The number of hydrogen-bond acceptors (Lipinski definition) is 5. The second kappa shape index (κ2) is 11.0. The molecule has 1 fully saturated rings. The topological polar surface area (TPSA) is 108 Å².